The number of anilines is 1. The average Bonchev–Trinajstić information content (AvgIpc) is 2.46. The van der Waals surface area contributed by atoms with Crippen LogP contribution in [0.5, 0.6) is 0 Å². The Morgan fingerprint density at radius 2 is 1.81 bits per heavy atom. The third-order valence-corrected chi connectivity index (χ3v) is 4.57. The van der Waals surface area contributed by atoms with Crippen molar-refractivity contribution in [2.24, 2.45) is 5.92 Å². The molecule has 0 radical (unpaired) electrons. The van der Waals surface area contributed by atoms with Crippen molar-refractivity contribution in [3.63, 3.8) is 0 Å². The molecule has 4 heteroatoms. The molecule has 21 heavy (non-hydrogen) atoms. The Kier molecular flexibility index (Phi) is 5.91. The molecule has 1 aliphatic rings. The lowest BCUT2D eigenvalue weighted by molar-refractivity contribution is 0.231. The van der Waals surface area contributed by atoms with Crippen LogP contribution in [-0.2, 0) is 0 Å². The first kappa shape index (κ1) is 16.6. The fourth-order valence-electron chi connectivity index (χ4n) is 2.92. The summed E-state index contributed by atoms with van der Waals surface area (Å²) in [5.74, 6) is 0.744. The standard InChI is InChI=1S/C17H28ClN3/c1-13(2)12-20-7-9-21(10-8-20)15-5-6-16(14(3)19-4)17(18)11-15/h5-6,11,13-14,19H,7-10,12H2,1-4H3. The summed E-state index contributed by atoms with van der Waals surface area (Å²) in [6, 6.07) is 6.75. The van der Waals surface area contributed by atoms with Gasteiger partial charge in [0.15, 0.2) is 0 Å². The lowest BCUT2D eigenvalue weighted by Gasteiger charge is -2.37. The Hall–Kier alpha value is -0.770. The maximum Gasteiger partial charge on any atom is 0.0474 e. The van der Waals surface area contributed by atoms with Crippen molar-refractivity contribution >= 4 is 17.3 Å². The van der Waals surface area contributed by atoms with Crippen molar-refractivity contribution in [1.29, 1.82) is 0 Å². The number of rotatable bonds is 5. The summed E-state index contributed by atoms with van der Waals surface area (Å²) in [5.41, 5.74) is 2.41. The summed E-state index contributed by atoms with van der Waals surface area (Å²) in [7, 11) is 1.96. The number of piperazine rings is 1. The van der Waals surface area contributed by atoms with E-state index in [-0.39, 0.29) is 6.04 Å². The van der Waals surface area contributed by atoms with Crippen LogP contribution in [-0.4, -0.2) is 44.7 Å². The van der Waals surface area contributed by atoms with E-state index in [1.54, 1.807) is 0 Å². The number of nitrogens with zero attached hydrogens (tertiary/aromatic N) is 2. The normalized spacial score (nSPS) is 18.3. The van der Waals surface area contributed by atoms with Crippen molar-refractivity contribution < 1.29 is 0 Å². The van der Waals surface area contributed by atoms with Gasteiger partial charge in [0.25, 0.3) is 0 Å². The molecular weight excluding hydrogens is 282 g/mol. The van der Waals surface area contributed by atoms with Crippen LogP contribution in [0.2, 0.25) is 5.02 Å². The molecule has 1 N–H and O–H groups in total. The Balaban J connectivity index is 1.99. The third kappa shape index (κ3) is 4.35. The van der Waals surface area contributed by atoms with Crippen LogP contribution in [0.15, 0.2) is 18.2 Å². The molecule has 3 nitrogen and oxygen atoms in total. The van der Waals surface area contributed by atoms with Gasteiger partial charge in [-0.1, -0.05) is 31.5 Å². The molecule has 0 aromatic heterocycles. The molecule has 1 unspecified atom stereocenters. The quantitative estimate of drug-likeness (QED) is 0.899. The first-order valence-corrected chi connectivity index (χ1v) is 8.33. The first-order chi connectivity index (χ1) is 10.0. The van der Waals surface area contributed by atoms with Gasteiger partial charge in [0.05, 0.1) is 0 Å². The molecule has 1 aromatic carbocycles. The summed E-state index contributed by atoms with van der Waals surface area (Å²) < 4.78 is 0. The largest absolute Gasteiger partial charge is 0.369 e. The zero-order chi connectivity index (χ0) is 15.4. The highest BCUT2D eigenvalue weighted by Crippen LogP contribution is 2.28. The minimum atomic E-state index is 0.287. The fourth-order valence-corrected chi connectivity index (χ4v) is 3.26. The highest BCUT2D eigenvalue weighted by molar-refractivity contribution is 6.31. The molecular formula is C17H28ClN3. The first-order valence-electron chi connectivity index (χ1n) is 7.95. The van der Waals surface area contributed by atoms with E-state index in [4.69, 9.17) is 11.6 Å². The van der Waals surface area contributed by atoms with Gasteiger partial charge >= 0.3 is 0 Å². The van der Waals surface area contributed by atoms with E-state index in [0.29, 0.717) is 0 Å². The molecule has 0 aliphatic carbocycles. The summed E-state index contributed by atoms with van der Waals surface area (Å²) >= 11 is 6.44. The maximum absolute atomic E-state index is 6.44. The Morgan fingerprint density at radius 1 is 1.14 bits per heavy atom. The van der Waals surface area contributed by atoms with Crippen LogP contribution in [0.1, 0.15) is 32.4 Å². The summed E-state index contributed by atoms with van der Waals surface area (Å²) in [6.07, 6.45) is 0. The van der Waals surface area contributed by atoms with E-state index in [0.717, 1.165) is 37.1 Å². The number of hydrogen-bond donors (Lipinski definition) is 1. The van der Waals surface area contributed by atoms with Crippen molar-refractivity contribution in [2.75, 3.05) is 44.7 Å². The van der Waals surface area contributed by atoms with E-state index < -0.39 is 0 Å². The Morgan fingerprint density at radius 3 is 2.33 bits per heavy atom. The number of halogens is 1. The van der Waals surface area contributed by atoms with Crippen molar-refractivity contribution in [3.05, 3.63) is 28.8 Å². The van der Waals surface area contributed by atoms with Crippen molar-refractivity contribution in [1.82, 2.24) is 10.2 Å². The molecule has 1 aromatic rings. The molecule has 0 spiro atoms. The van der Waals surface area contributed by atoms with Gasteiger partial charge in [-0.3, -0.25) is 4.90 Å². The molecule has 1 heterocycles. The van der Waals surface area contributed by atoms with Crippen LogP contribution in [0.25, 0.3) is 0 Å². The van der Waals surface area contributed by atoms with E-state index in [1.807, 2.05) is 7.05 Å². The molecule has 0 bridgehead atoms. The molecule has 1 aliphatic heterocycles. The molecule has 1 saturated heterocycles. The minimum absolute atomic E-state index is 0.287. The number of benzene rings is 1. The zero-order valence-electron chi connectivity index (χ0n) is 13.7. The molecule has 1 atom stereocenters. The Bertz CT molecular complexity index is 453. The maximum atomic E-state index is 6.44. The van der Waals surface area contributed by atoms with Crippen molar-refractivity contribution in [3.8, 4) is 0 Å². The van der Waals surface area contributed by atoms with Gasteiger partial charge < -0.3 is 10.2 Å². The smallest absolute Gasteiger partial charge is 0.0474 e. The highest BCUT2D eigenvalue weighted by atomic mass is 35.5. The second kappa shape index (κ2) is 7.48. The van der Waals surface area contributed by atoms with Gasteiger partial charge in [-0.2, -0.15) is 0 Å². The molecule has 118 valence electrons. The van der Waals surface area contributed by atoms with Crippen LogP contribution < -0.4 is 10.2 Å². The van der Waals surface area contributed by atoms with E-state index >= 15 is 0 Å². The summed E-state index contributed by atoms with van der Waals surface area (Å²) in [5, 5.41) is 4.10. The second-order valence-electron chi connectivity index (χ2n) is 6.40. The SMILES string of the molecule is CNC(C)c1ccc(N2CCN(CC(C)C)CC2)cc1Cl. The number of nitrogens with one attached hydrogen (secondary N) is 1. The van der Waals surface area contributed by atoms with E-state index in [9.17, 15) is 0 Å². The topological polar surface area (TPSA) is 18.5 Å². The van der Waals surface area contributed by atoms with Gasteiger partial charge in [-0.15, -0.1) is 0 Å². The predicted octanol–water partition coefficient (Wildman–Crippen LogP) is 3.40. The summed E-state index contributed by atoms with van der Waals surface area (Å²) in [6.45, 7) is 12.4. The van der Waals surface area contributed by atoms with Crippen LogP contribution in [0, 0.1) is 5.92 Å². The molecule has 0 saturated carbocycles. The van der Waals surface area contributed by atoms with E-state index in [1.165, 1.54) is 17.8 Å². The fraction of sp³-hybridized carbons (Fsp3) is 0.647. The van der Waals surface area contributed by atoms with Gasteiger partial charge in [0.2, 0.25) is 0 Å². The lowest BCUT2D eigenvalue weighted by atomic mass is 10.1. The van der Waals surface area contributed by atoms with Gasteiger partial charge in [-0.25, -0.2) is 0 Å². The van der Waals surface area contributed by atoms with Gasteiger partial charge in [-0.05, 0) is 37.6 Å². The lowest BCUT2D eigenvalue weighted by Crippen LogP contribution is -2.47. The van der Waals surface area contributed by atoms with E-state index in [2.05, 4.69) is 54.1 Å². The predicted molar refractivity (Wildman–Crippen MR) is 92.4 cm³/mol. The highest BCUT2D eigenvalue weighted by Gasteiger charge is 2.18. The zero-order valence-corrected chi connectivity index (χ0v) is 14.5. The summed E-state index contributed by atoms with van der Waals surface area (Å²) in [4.78, 5) is 5.00. The van der Waals surface area contributed by atoms with Crippen LogP contribution in [0.3, 0.4) is 0 Å². The van der Waals surface area contributed by atoms with Crippen LogP contribution in [0.4, 0.5) is 5.69 Å². The van der Waals surface area contributed by atoms with Gasteiger partial charge in [0.1, 0.15) is 0 Å². The Labute approximate surface area is 134 Å². The number of hydrogen-bond acceptors (Lipinski definition) is 3. The molecule has 1 fully saturated rings. The second-order valence-corrected chi connectivity index (χ2v) is 6.80. The minimum Gasteiger partial charge on any atom is -0.369 e. The van der Waals surface area contributed by atoms with Crippen LogP contribution >= 0.6 is 11.6 Å². The van der Waals surface area contributed by atoms with Gasteiger partial charge in [0, 0.05) is 49.5 Å². The molecule has 0 amide bonds. The monoisotopic (exact) mass is 309 g/mol. The average molecular weight is 310 g/mol. The third-order valence-electron chi connectivity index (χ3n) is 4.24. The molecule has 2 rings (SSSR count). The van der Waals surface area contributed by atoms with Crippen molar-refractivity contribution in [2.45, 2.75) is 26.8 Å².